The van der Waals surface area contributed by atoms with Crippen molar-refractivity contribution < 1.29 is 19.0 Å². The fourth-order valence-electron chi connectivity index (χ4n) is 3.33. The van der Waals surface area contributed by atoms with Crippen molar-refractivity contribution in [3.8, 4) is 11.5 Å². The summed E-state index contributed by atoms with van der Waals surface area (Å²) in [7, 11) is 0. The molecule has 5 heteroatoms. The molecular weight excluding hydrogens is 318 g/mol. The Kier molecular flexibility index (Phi) is 5.33. The minimum atomic E-state index is -0.000108. The molecule has 5 nitrogen and oxygen atoms in total. The molecule has 0 saturated carbocycles. The normalized spacial score (nSPS) is 25.8. The molecular formula is C20H27NO4. The summed E-state index contributed by atoms with van der Waals surface area (Å²) in [5.74, 6) is 1.68. The average molecular weight is 345 g/mol. The van der Waals surface area contributed by atoms with E-state index in [1.165, 1.54) is 0 Å². The third-order valence-electron chi connectivity index (χ3n) is 4.62. The van der Waals surface area contributed by atoms with E-state index in [0.29, 0.717) is 19.8 Å². The first-order valence-electron chi connectivity index (χ1n) is 9.04. The zero-order valence-corrected chi connectivity index (χ0v) is 15.5. The van der Waals surface area contributed by atoms with Gasteiger partial charge in [-0.1, -0.05) is 0 Å². The van der Waals surface area contributed by atoms with Crippen molar-refractivity contribution in [2.75, 3.05) is 19.8 Å². The maximum Gasteiger partial charge on any atom is 0.246 e. The van der Waals surface area contributed by atoms with E-state index < -0.39 is 0 Å². The summed E-state index contributed by atoms with van der Waals surface area (Å²) in [5, 5.41) is 0. The topological polar surface area (TPSA) is 48.0 Å². The third kappa shape index (κ3) is 3.98. The number of carbonyl (C=O) groups is 1. The number of hydrogen-bond donors (Lipinski definition) is 0. The van der Waals surface area contributed by atoms with E-state index in [4.69, 9.17) is 14.2 Å². The molecule has 1 fully saturated rings. The van der Waals surface area contributed by atoms with Gasteiger partial charge in [-0.2, -0.15) is 0 Å². The molecule has 3 unspecified atom stereocenters. The number of hydrogen-bond acceptors (Lipinski definition) is 4. The Hall–Kier alpha value is -2.01. The van der Waals surface area contributed by atoms with Crippen molar-refractivity contribution in [3.63, 3.8) is 0 Å². The first kappa shape index (κ1) is 17.8. The van der Waals surface area contributed by atoms with Crippen molar-refractivity contribution >= 4 is 12.0 Å². The van der Waals surface area contributed by atoms with Crippen LogP contribution in [0.15, 0.2) is 18.2 Å². The zero-order valence-electron chi connectivity index (χ0n) is 15.5. The first-order chi connectivity index (χ1) is 12.0. The molecule has 0 aliphatic carbocycles. The Morgan fingerprint density at radius 2 is 2.12 bits per heavy atom. The minimum Gasteiger partial charge on any atom is -0.493 e. The van der Waals surface area contributed by atoms with E-state index in [0.717, 1.165) is 29.0 Å². The van der Waals surface area contributed by atoms with Crippen molar-refractivity contribution in [3.05, 3.63) is 29.3 Å². The molecule has 2 aliphatic heterocycles. The van der Waals surface area contributed by atoms with Crippen molar-refractivity contribution in [2.24, 2.45) is 0 Å². The number of rotatable bonds is 4. The van der Waals surface area contributed by atoms with E-state index >= 15 is 0 Å². The van der Waals surface area contributed by atoms with Gasteiger partial charge in [0.1, 0.15) is 17.6 Å². The van der Waals surface area contributed by atoms with Crippen molar-refractivity contribution in [1.82, 2.24) is 4.90 Å². The quantitative estimate of drug-likeness (QED) is 0.787. The van der Waals surface area contributed by atoms with Crippen molar-refractivity contribution in [1.29, 1.82) is 0 Å². The molecule has 1 amide bonds. The second-order valence-electron chi connectivity index (χ2n) is 6.88. The van der Waals surface area contributed by atoms with E-state index in [1.807, 2.05) is 43.9 Å². The van der Waals surface area contributed by atoms with Gasteiger partial charge in [0.25, 0.3) is 0 Å². The lowest BCUT2D eigenvalue weighted by atomic mass is 10.1. The monoisotopic (exact) mass is 345 g/mol. The number of carbonyl (C=O) groups excluding carboxylic acids is 1. The van der Waals surface area contributed by atoms with Gasteiger partial charge in [-0.3, -0.25) is 4.79 Å². The van der Waals surface area contributed by atoms with Crippen LogP contribution in [0.2, 0.25) is 0 Å². The smallest absolute Gasteiger partial charge is 0.246 e. The fourth-order valence-corrected chi connectivity index (χ4v) is 3.33. The molecule has 136 valence electrons. The largest absolute Gasteiger partial charge is 0.493 e. The highest BCUT2D eigenvalue weighted by Gasteiger charge is 2.26. The molecule has 1 saturated heterocycles. The summed E-state index contributed by atoms with van der Waals surface area (Å²) in [6.07, 6.45) is 4.59. The SMILES string of the molecule is CCOc1cc2c(cc1/C=C/C(=O)N1CC(C)OCC1C)OC(C)C2. The zero-order chi connectivity index (χ0) is 18.0. The van der Waals surface area contributed by atoms with E-state index in [9.17, 15) is 4.79 Å². The van der Waals surface area contributed by atoms with Gasteiger partial charge in [-0.15, -0.1) is 0 Å². The number of benzene rings is 1. The molecule has 0 radical (unpaired) electrons. The van der Waals surface area contributed by atoms with Gasteiger partial charge in [0.05, 0.1) is 25.4 Å². The maximum absolute atomic E-state index is 12.6. The van der Waals surface area contributed by atoms with Crippen LogP contribution in [0, 0.1) is 0 Å². The third-order valence-corrected chi connectivity index (χ3v) is 4.62. The lowest BCUT2D eigenvalue weighted by Crippen LogP contribution is -2.49. The van der Waals surface area contributed by atoms with Gasteiger partial charge < -0.3 is 19.1 Å². The summed E-state index contributed by atoms with van der Waals surface area (Å²) in [4.78, 5) is 14.5. The summed E-state index contributed by atoms with van der Waals surface area (Å²) < 4.78 is 17.2. The van der Waals surface area contributed by atoms with Crippen molar-refractivity contribution in [2.45, 2.75) is 52.4 Å². The molecule has 25 heavy (non-hydrogen) atoms. The molecule has 1 aromatic carbocycles. The summed E-state index contributed by atoms with van der Waals surface area (Å²) in [5.41, 5.74) is 2.03. The van der Waals surface area contributed by atoms with Gasteiger partial charge in [0.2, 0.25) is 5.91 Å². The van der Waals surface area contributed by atoms with E-state index in [2.05, 4.69) is 6.92 Å². The second kappa shape index (κ2) is 7.48. The molecule has 0 spiro atoms. The molecule has 2 aliphatic rings. The Morgan fingerprint density at radius 1 is 1.32 bits per heavy atom. The van der Waals surface area contributed by atoms with Crippen LogP contribution >= 0.6 is 0 Å². The highest BCUT2D eigenvalue weighted by atomic mass is 16.5. The van der Waals surface area contributed by atoms with E-state index in [-0.39, 0.29) is 24.2 Å². The number of fused-ring (bicyclic) bond motifs is 1. The van der Waals surface area contributed by atoms with Crippen LogP contribution in [0.1, 0.15) is 38.8 Å². The van der Waals surface area contributed by atoms with Gasteiger partial charge in [0.15, 0.2) is 0 Å². The lowest BCUT2D eigenvalue weighted by Gasteiger charge is -2.36. The minimum absolute atomic E-state index is 0.000108. The summed E-state index contributed by atoms with van der Waals surface area (Å²) >= 11 is 0. The van der Waals surface area contributed by atoms with Crippen LogP contribution in [0.5, 0.6) is 11.5 Å². The van der Waals surface area contributed by atoms with Crippen LogP contribution in [0.25, 0.3) is 6.08 Å². The average Bonchev–Trinajstić information content (AvgIpc) is 2.93. The summed E-state index contributed by atoms with van der Waals surface area (Å²) in [6, 6.07) is 4.09. The highest BCUT2D eigenvalue weighted by molar-refractivity contribution is 5.92. The molecule has 1 aromatic rings. The molecule has 3 atom stereocenters. The Balaban J connectivity index is 1.80. The van der Waals surface area contributed by atoms with Crippen LogP contribution in [0.4, 0.5) is 0 Å². The van der Waals surface area contributed by atoms with Gasteiger partial charge in [0, 0.05) is 30.2 Å². The maximum atomic E-state index is 12.6. The predicted molar refractivity (Wildman–Crippen MR) is 97.0 cm³/mol. The first-order valence-corrected chi connectivity index (χ1v) is 9.04. The molecule has 0 bridgehead atoms. The number of ether oxygens (including phenoxy) is 3. The summed E-state index contributed by atoms with van der Waals surface area (Å²) in [6.45, 7) is 9.79. The Bertz CT molecular complexity index is 670. The predicted octanol–water partition coefficient (Wildman–Crippen LogP) is 3.06. The van der Waals surface area contributed by atoms with Gasteiger partial charge in [-0.25, -0.2) is 0 Å². The Morgan fingerprint density at radius 3 is 2.88 bits per heavy atom. The van der Waals surface area contributed by atoms with Gasteiger partial charge >= 0.3 is 0 Å². The number of amides is 1. The fraction of sp³-hybridized carbons (Fsp3) is 0.550. The standard InChI is InChI=1S/C20H27NO4/c1-5-23-18-10-17-8-14(3)25-19(17)9-16(18)6-7-20(22)21-11-15(4)24-12-13(21)2/h6-7,9-10,13-15H,5,8,11-12H2,1-4H3/b7-6+. The Labute approximate surface area is 149 Å². The second-order valence-corrected chi connectivity index (χ2v) is 6.88. The van der Waals surface area contributed by atoms with Crippen LogP contribution in [0.3, 0.4) is 0 Å². The lowest BCUT2D eigenvalue weighted by molar-refractivity contribution is -0.137. The van der Waals surface area contributed by atoms with Crippen LogP contribution in [-0.2, 0) is 16.0 Å². The highest BCUT2D eigenvalue weighted by Crippen LogP contribution is 2.35. The van der Waals surface area contributed by atoms with Gasteiger partial charge in [-0.05, 0) is 45.9 Å². The van der Waals surface area contributed by atoms with E-state index in [1.54, 1.807) is 6.08 Å². The molecule has 2 heterocycles. The molecule has 0 aromatic heterocycles. The molecule has 0 N–H and O–H groups in total. The van der Waals surface area contributed by atoms with Crippen LogP contribution in [-0.4, -0.2) is 48.8 Å². The number of nitrogens with zero attached hydrogens (tertiary/aromatic N) is 1. The molecule has 3 rings (SSSR count). The number of morpholine rings is 1. The van der Waals surface area contributed by atoms with Crippen LogP contribution < -0.4 is 9.47 Å².